The largest absolute Gasteiger partial charge is 0.391 e. The van der Waals surface area contributed by atoms with E-state index in [9.17, 15) is 50.7 Å². The van der Waals surface area contributed by atoms with Crippen molar-refractivity contribution in [3.05, 3.63) is 12.2 Å². The number of halogens is 6. The molecular formula is C77H122F6N12O13. The molecule has 4 saturated carbocycles. The lowest BCUT2D eigenvalue weighted by atomic mass is 9.58. The maximum atomic E-state index is 15.8. The van der Waals surface area contributed by atoms with Crippen LogP contribution in [0.25, 0.3) is 0 Å². The van der Waals surface area contributed by atoms with Crippen LogP contribution in [-0.4, -0.2) is 283 Å². The summed E-state index contributed by atoms with van der Waals surface area (Å²) in [4.78, 5) is 193. The van der Waals surface area contributed by atoms with Gasteiger partial charge >= 0.3 is 6.18 Å². The summed E-state index contributed by atoms with van der Waals surface area (Å²) in [5, 5.41) is 8.69. The van der Waals surface area contributed by atoms with Gasteiger partial charge in [-0.15, -0.1) is 0 Å². The third-order valence-corrected chi connectivity index (χ3v) is 24.5. The molecule has 25 nitrogen and oxygen atoms in total. The summed E-state index contributed by atoms with van der Waals surface area (Å²) in [5.41, 5.74) is -2.25. The molecule has 3 heterocycles. The highest BCUT2D eigenvalue weighted by atomic mass is 19.4. The van der Waals surface area contributed by atoms with Gasteiger partial charge in [0.25, 0.3) is 0 Å². The van der Waals surface area contributed by atoms with E-state index in [0.29, 0.717) is 38.5 Å². The molecule has 6 fully saturated rings. The van der Waals surface area contributed by atoms with E-state index in [1.165, 1.54) is 87.8 Å². The molecule has 2 saturated heterocycles. The van der Waals surface area contributed by atoms with Gasteiger partial charge in [0, 0.05) is 82.5 Å². The highest BCUT2D eigenvalue weighted by Gasteiger charge is 2.60. The van der Waals surface area contributed by atoms with Crippen molar-refractivity contribution in [2.24, 2.45) is 46.8 Å². The number of carbonyl (C=O) groups is 12. The highest BCUT2D eigenvalue weighted by molar-refractivity contribution is 6.01. The van der Waals surface area contributed by atoms with E-state index >= 15 is 33.2 Å². The number of fused-ring (bicyclic) bond motifs is 3. The molecule has 14 atom stereocenters. The summed E-state index contributed by atoms with van der Waals surface area (Å²) >= 11 is 0. The van der Waals surface area contributed by atoms with E-state index in [2.05, 4.69) is 16.0 Å². The summed E-state index contributed by atoms with van der Waals surface area (Å²) in [6.07, 6.45) is -4.75. The second-order valence-electron chi connectivity index (χ2n) is 33.3. The fourth-order valence-corrected chi connectivity index (χ4v) is 18.2. The van der Waals surface area contributed by atoms with E-state index in [1.807, 2.05) is 13.8 Å². The second-order valence-corrected chi connectivity index (χ2v) is 33.3. The van der Waals surface area contributed by atoms with E-state index in [4.69, 9.17) is 4.74 Å². The van der Waals surface area contributed by atoms with Crippen LogP contribution >= 0.6 is 0 Å². The van der Waals surface area contributed by atoms with Crippen LogP contribution in [0, 0.1) is 46.8 Å². The Morgan fingerprint density at radius 1 is 0.685 bits per heavy atom. The monoisotopic (exact) mass is 1540 g/mol. The molecule has 7 aliphatic rings. The summed E-state index contributed by atoms with van der Waals surface area (Å²) in [6.45, 7) is 10.8. The first-order valence-corrected chi connectivity index (χ1v) is 39.2. The van der Waals surface area contributed by atoms with E-state index in [1.54, 1.807) is 39.8 Å². The Balaban J connectivity index is 1.33. The van der Waals surface area contributed by atoms with E-state index < -0.39 is 216 Å². The minimum Gasteiger partial charge on any atom is -0.377 e. The first-order chi connectivity index (χ1) is 50.6. The normalized spacial score (nSPS) is 32.3. The van der Waals surface area contributed by atoms with Crippen LogP contribution in [-0.2, 0) is 62.3 Å². The Morgan fingerprint density at radius 3 is 1.90 bits per heavy atom. The fourth-order valence-electron chi connectivity index (χ4n) is 18.2. The average Bonchev–Trinajstić information content (AvgIpc) is 0.913. The molecule has 0 radical (unpaired) electrons. The molecule has 1 spiro atoms. The molecule has 3 N–H and O–H groups in total. The van der Waals surface area contributed by atoms with Crippen molar-refractivity contribution < 1.29 is 88.6 Å². The highest BCUT2D eigenvalue weighted by Crippen LogP contribution is 2.50. The van der Waals surface area contributed by atoms with Crippen molar-refractivity contribution in [2.75, 3.05) is 89.2 Å². The van der Waals surface area contributed by atoms with Gasteiger partial charge in [-0.05, 0) is 145 Å². The lowest BCUT2D eigenvalue weighted by Crippen LogP contribution is -2.71. The van der Waals surface area contributed by atoms with Crippen LogP contribution in [0.15, 0.2) is 12.2 Å². The number of carbonyl (C=O) groups excluding carboxylic acids is 12. The van der Waals surface area contributed by atoms with Crippen LogP contribution in [0.3, 0.4) is 0 Å². The molecule has 31 heteroatoms. The van der Waals surface area contributed by atoms with Gasteiger partial charge in [-0.2, -0.15) is 13.2 Å². The molecule has 7 rings (SSSR count). The van der Waals surface area contributed by atoms with Crippen molar-refractivity contribution >= 4 is 70.9 Å². The van der Waals surface area contributed by atoms with Crippen LogP contribution in [0.5, 0.6) is 0 Å². The van der Waals surface area contributed by atoms with Gasteiger partial charge in [0.15, 0.2) is 0 Å². The number of likely N-dealkylation sites (N-methyl/N-ethyl adjacent to an activating group) is 7. The summed E-state index contributed by atoms with van der Waals surface area (Å²) in [5.74, 6) is -14.8. The SMILES string of the molecule is CCC[C@H]1C(=O)N[C@@H]([C@@H](C)CC)C(=O)N(C)CC(=O)N(C)[C@H]2C/C=C\CCN(C2=O)[C@@H](CC2CCC(C(F)(F)F)CC2)C(=O)N(C)CC(=O)N[C@@H](CCC2CC(C)C(C(F)F)C(F)C2)C(=O)N2C[C@H](OCC)C[C@H]2C(=O)NC2(CC(C)(C)C2)C(=O)N(C)[C@@H](C2CCCC2)C(=O)N(C)[C@H](C(=O)N(C)C)CC(=O)N1C. The first kappa shape index (κ1) is 88.1. The number of rotatable bonds is 14. The molecule has 108 heavy (non-hydrogen) atoms. The quantitative estimate of drug-likeness (QED) is 0.120. The average molecular weight is 1540 g/mol. The molecule has 0 aromatic rings. The summed E-state index contributed by atoms with van der Waals surface area (Å²) in [6, 6.07) is -10.9. The van der Waals surface area contributed by atoms with Crippen molar-refractivity contribution in [2.45, 2.75) is 268 Å². The van der Waals surface area contributed by atoms with Gasteiger partial charge in [0.2, 0.25) is 77.3 Å². The van der Waals surface area contributed by atoms with Crippen molar-refractivity contribution in [1.29, 1.82) is 0 Å². The number of amides is 12. The number of alkyl halides is 6. The molecule has 4 unspecified atom stereocenters. The molecule has 0 aromatic heterocycles. The third-order valence-electron chi connectivity index (χ3n) is 24.5. The Hall–Kier alpha value is -7.08. The molecule has 610 valence electrons. The second kappa shape index (κ2) is 37.8. The van der Waals surface area contributed by atoms with Gasteiger partial charge in [0.1, 0.15) is 60.0 Å². The first-order valence-electron chi connectivity index (χ1n) is 39.2. The molecule has 4 aliphatic carbocycles. The zero-order valence-electron chi connectivity index (χ0n) is 66.2. The lowest BCUT2D eigenvalue weighted by molar-refractivity contribution is -0.184. The molecule has 3 aliphatic heterocycles. The lowest BCUT2D eigenvalue weighted by Gasteiger charge is -2.54. The van der Waals surface area contributed by atoms with Gasteiger partial charge in [0.05, 0.1) is 37.5 Å². The zero-order chi connectivity index (χ0) is 80.4. The third kappa shape index (κ3) is 21.1. The predicted molar refractivity (Wildman–Crippen MR) is 390 cm³/mol. The van der Waals surface area contributed by atoms with E-state index in [0.717, 1.165) is 19.6 Å². The van der Waals surface area contributed by atoms with E-state index in [-0.39, 0.29) is 116 Å². The minimum absolute atomic E-state index is 0.0311. The van der Waals surface area contributed by atoms with Crippen molar-refractivity contribution in [3.63, 3.8) is 0 Å². The Labute approximate surface area is 633 Å². The Morgan fingerprint density at radius 2 is 1.32 bits per heavy atom. The number of hydrogen-bond donors (Lipinski definition) is 3. The Bertz CT molecular complexity index is 3220. The standard InChI is InChI=1S/C77H122F6N12O13/c1-16-24-54-66(99)85-63(45(4)17-2)72(105)89(11)42-61(98)91(13)55-27-20-19-23-34-94(71(55)104)58(37-47-28-31-50(32-29-47)77(81,82)83)70(103)88(10)41-59(96)84-53(33-30-48-35-46(5)62(65(79)80)52(78)36-48)68(101)95-40-51(108-18-3)38-56(95)67(100)86-76(43-75(6,7)44-76)74(107)93(15)64(49-25-21-22-26-49)73(106)92(14)57(69(102)87(8)9)39-60(97)90(54)12/h19-20,45-58,62-65H,16-18,21-44H2,1-15H3,(H,84,96)(H,85,99)(H,86,100)/b20-19-/t45-,46?,47?,48?,50?,51+,52?,53-,54-,55-,56-,57-,58-,62?,63-,64-/m0/s1. The van der Waals surface area contributed by atoms with Gasteiger partial charge in [-0.25, -0.2) is 13.2 Å². The topological polar surface area (TPSA) is 279 Å². The van der Waals surface area contributed by atoms with Gasteiger partial charge in [-0.3, -0.25) is 57.5 Å². The number of nitrogens with zero attached hydrogens (tertiary/aromatic N) is 9. The summed E-state index contributed by atoms with van der Waals surface area (Å²) in [7, 11) is 11.1. The number of nitrogens with one attached hydrogen (secondary N) is 3. The predicted octanol–water partition coefficient (Wildman–Crippen LogP) is 6.74. The van der Waals surface area contributed by atoms with Crippen molar-refractivity contribution in [3.8, 4) is 0 Å². The van der Waals surface area contributed by atoms with Crippen LogP contribution in [0.2, 0.25) is 0 Å². The van der Waals surface area contributed by atoms with Gasteiger partial charge in [-0.1, -0.05) is 79.4 Å². The summed E-state index contributed by atoms with van der Waals surface area (Å²) < 4.78 is 92.7. The molecule has 0 aromatic carbocycles. The molecular weight excluding hydrogens is 1410 g/mol. The smallest absolute Gasteiger partial charge is 0.377 e. The molecule has 12 amide bonds. The fraction of sp³-hybridized carbons (Fsp3) is 0.818. The van der Waals surface area contributed by atoms with Crippen LogP contribution in [0.1, 0.15) is 190 Å². The van der Waals surface area contributed by atoms with Gasteiger partial charge < -0.3 is 64.8 Å². The van der Waals surface area contributed by atoms with Crippen LogP contribution < -0.4 is 16.0 Å². The maximum absolute atomic E-state index is 15.8. The minimum atomic E-state index is -4.48. The van der Waals surface area contributed by atoms with Crippen LogP contribution in [0.4, 0.5) is 26.3 Å². The maximum Gasteiger partial charge on any atom is 0.391 e. The molecule has 2 bridgehead atoms. The zero-order valence-corrected chi connectivity index (χ0v) is 66.2. The number of hydrogen-bond acceptors (Lipinski definition) is 13. The Kier molecular flexibility index (Phi) is 30.8. The van der Waals surface area contributed by atoms with Crippen molar-refractivity contribution in [1.82, 2.24) is 60.0 Å². The number of ether oxygens (including phenoxy) is 1.